The van der Waals surface area contributed by atoms with E-state index < -0.39 is 11.3 Å². The van der Waals surface area contributed by atoms with Crippen molar-refractivity contribution in [2.24, 2.45) is 5.41 Å². The summed E-state index contributed by atoms with van der Waals surface area (Å²) in [5.74, 6) is -0.663. The molecule has 1 N–H and O–H groups in total. The van der Waals surface area contributed by atoms with E-state index in [0.717, 1.165) is 5.56 Å². The fraction of sp³-hybridized carbons (Fsp3) is 0.391. The van der Waals surface area contributed by atoms with Gasteiger partial charge in [-0.15, -0.1) is 0 Å². The molecule has 0 spiro atoms. The Hall–Kier alpha value is -2.13. The van der Waals surface area contributed by atoms with Crippen molar-refractivity contribution in [2.45, 2.75) is 53.0 Å². The minimum atomic E-state index is -0.558. The summed E-state index contributed by atoms with van der Waals surface area (Å²) in [7, 11) is 0. The second-order valence-corrected chi connectivity index (χ2v) is 9.33. The van der Waals surface area contributed by atoms with Crippen molar-refractivity contribution < 1.29 is 9.59 Å². The van der Waals surface area contributed by atoms with Gasteiger partial charge in [-0.25, -0.2) is 0 Å². The van der Waals surface area contributed by atoms with Crippen molar-refractivity contribution in [3.63, 3.8) is 0 Å². The summed E-state index contributed by atoms with van der Waals surface area (Å²) in [5.41, 5.74) is 1.13. The summed E-state index contributed by atoms with van der Waals surface area (Å²) in [4.78, 5) is 26.2. The third-order valence-corrected chi connectivity index (χ3v) is 4.46. The summed E-state index contributed by atoms with van der Waals surface area (Å²) in [6, 6.07) is 14.6. The fourth-order valence-corrected chi connectivity index (χ4v) is 3.05. The van der Waals surface area contributed by atoms with Crippen LogP contribution in [-0.4, -0.2) is 17.2 Å². The Bertz CT molecular complexity index is 827. The molecule has 144 valence electrons. The molecule has 0 aliphatic rings. The SMILES string of the molecule is CC(C)(C)NC(=O)c1ccccc1C(C(=O)C(C)(C)C)c1ccc(Cl)cc1. The second-order valence-electron chi connectivity index (χ2n) is 8.89. The standard InChI is InChI=1S/C23H28ClNO2/c1-22(2,3)20(26)19(15-11-13-16(24)14-12-15)17-9-7-8-10-18(17)21(27)25-23(4,5)6/h7-14,19H,1-6H3,(H,25,27). The summed E-state index contributed by atoms with van der Waals surface area (Å²) >= 11 is 6.04. The van der Waals surface area contributed by atoms with Crippen molar-refractivity contribution in [2.75, 3.05) is 0 Å². The lowest BCUT2D eigenvalue weighted by atomic mass is 9.75. The van der Waals surface area contributed by atoms with E-state index in [4.69, 9.17) is 11.6 Å². The Labute approximate surface area is 167 Å². The van der Waals surface area contributed by atoms with Gasteiger partial charge < -0.3 is 5.32 Å². The first kappa shape index (κ1) is 21.2. The van der Waals surface area contributed by atoms with Gasteiger partial charge in [-0.05, 0) is 50.1 Å². The molecule has 4 heteroatoms. The number of nitrogens with one attached hydrogen (secondary N) is 1. The van der Waals surface area contributed by atoms with Gasteiger partial charge in [0.05, 0.1) is 5.92 Å². The Kier molecular flexibility index (Phi) is 6.16. The van der Waals surface area contributed by atoms with Gasteiger partial charge in [-0.1, -0.05) is 62.7 Å². The smallest absolute Gasteiger partial charge is 0.251 e. The highest BCUT2D eigenvalue weighted by Crippen LogP contribution is 2.35. The first-order valence-electron chi connectivity index (χ1n) is 9.11. The Morgan fingerprint density at radius 3 is 1.96 bits per heavy atom. The van der Waals surface area contributed by atoms with Gasteiger partial charge in [0.15, 0.2) is 0 Å². The number of carbonyl (C=O) groups excluding carboxylic acids is 2. The molecular weight excluding hydrogens is 358 g/mol. The molecule has 1 amide bonds. The molecule has 1 unspecified atom stereocenters. The minimum Gasteiger partial charge on any atom is -0.347 e. The fourth-order valence-electron chi connectivity index (χ4n) is 2.92. The lowest BCUT2D eigenvalue weighted by Crippen LogP contribution is -2.41. The molecule has 0 saturated heterocycles. The number of hydrogen-bond acceptors (Lipinski definition) is 2. The van der Waals surface area contributed by atoms with Crippen LogP contribution in [0.2, 0.25) is 5.02 Å². The van der Waals surface area contributed by atoms with Gasteiger partial charge in [-0.2, -0.15) is 0 Å². The first-order valence-corrected chi connectivity index (χ1v) is 9.49. The zero-order chi connectivity index (χ0) is 20.4. The van der Waals surface area contributed by atoms with Crippen LogP contribution >= 0.6 is 11.6 Å². The van der Waals surface area contributed by atoms with Crippen LogP contribution in [-0.2, 0) is 4.79 Å². The molecule has 0 aliphatic carbocycles. The predicted molar refractivity (Wildman–Crippen MR) is 111 cm³/mol. The van der Waals surface area contributed by atoms with Crippen molar-refractivity contribution >= 4 is 23.3 Å². The first-order chi connectivity index (χ1) is 12.4. The number of hydrogen-bond donors (Lipinski definition) is 1. The number of halogens is 1. The van der Waals surface area contributed by atoms with Crippen molar-refractivity contribution in [3.05, 3.63) is 70.2 Å². The molecule has 2 rings (SSSR count). The van der Waals surface area contributed by atoms with E-state index in [1.165, 1.54) is 0 Å². The summed E-state index contributed by atoms with van der Waals surface area (Å²) in [6.07, 6.45) is 0. The van der Waals surface area contributed by atoms with Gasteiger partial charge in [0.1, 0.15) is 5.78 Å². The number of carbonyl (C=O) groups is 2. The Morgan fingerprint density at radius 2 is 1.44 bits per heavy atom. The maximum atomic E-state index is 13.3. The lowest BCUT2D eigenvalue weighted by Gasteiger charge is -2.28. The van der Waals surface area contributed by atoms with E-state index in [9.17, 15) is 9.59 Å². The van der Waals surface area contributed by atoms with E-state index in [-0.39, 0.29) is 17.2 Å². The van der Waals surface area contributed by atoms with Crippen LogP contribution in [0.1, 0.15) is 68.9 Å². The van der Waals surface area contributed by atoms with E-state index >= 15 is 0 Å². The third-order valence-electron chi connectivity index (χ3n) is 4.21. The lowest BCUT2D eigenvalue weighted by molar-refractivity contribution is -0.126. The molecule has 2 aromatic carbocycles. The van der Waals surface area contributed by atoms with E-state index in [2.05, 4.69) is 5.32 Å². The Morgan fingerprint density at radius 1 is 0.889 bits per heavy atom. The quantitative estimate of drug-likeness (QED) is 0.742. The van der Waals surface area contributed by atoms with Crippen LogP contribution in [0.4, 0.5) is 0 Å². The van der Waals surface area contributed by atoms with Crippen molar-refractivity contribution in [3.8, 4) is 0 Å². The molecule has 0 aromatic heterocycles. The molecule has 2 aromatic rings. The monoisotopic (exact) mass is 385 g/mol. The zero-order valence-electron chi connectivity index (χ0n) is 16.9. The molecule has 27 heavy (non-hydrogen) atoms. The van der Waals surface area contributed by atoms with Crippen LogP contribution in [0, 0.1) is 5.41 Å². The number of rotatable bonds is 4. The van der Waals surface area contributed by atoms with Gasteiger partial charge in [0.25, 0.3) is 5.91 Å². The maximum Gasteiger partial charge on any atom is 0.251 e. The van der Waals surface area contributed by atoms with Gasteiger partial charge in [0.2, 0.25) is 0 Å². The molecule has 0 radical (unpaired) electrons. The van der Waals surface area contributed by atoms with E-state index in [1.807, 2.05) is 71.9 Å². The summed E-state index contributed by atoms with van der Waals surface area (Å²) in [6.45, 7) is 11.5. The van der Waals surface area contributed by atoms with Crippen molar-refractivity contribution in [1.82, 2.24) is 5.32 Å². The average Bonchev–Trinajstić information content (AvgIpc) is 2.55. The number of benzene rings is 2. The van der Waals surface area contributed by atoms with E-state index in [0.29, 0.717) is 16.1 Å². The topological polar surface area (TPSA) is 46.2 Å². The summed E-state index contributed by atoms with van der Waals surface area (Å²) < 4.78 is 0. The third kappa shape index (κ3) is 5.43. The van der Waals surface area contributed by atoms with Gasteiger partial charge >= 0.3 is 0 Å². The van der Waals surface area contributed by atoms with Crippen LogP contribution in [0.5, 0.6) is 0 Å². The highest BCUT2D eigenvalue weighted by molar-refractivity contribution is 6.30. The molecule has 0 saturated carbocycles. The van der Waals surface area contributed by atoms with Gasteiger partial charge in [-0.3, -0.25) is 9.59 Å². The van der Waals surface area contributed by atoms with Gasteiger partial charge in [0, 0.05) is 21.5 Å². The molecule has 0 aliphatic heterocycles. The normalized spacial score (nSPS) is 13.1. The average molecular weight is 386 g/mol. The highest BCUT2D eigenvalue weighted by Gasteiger charge is 2.34. The molecule has 3 nitrogen and oxygen atoms in total. The predicted octanol–water partition coefficient (Wildman–Crippen LogP) is 5.62. The number of ketones is 1. The molecule has 0 bridgehead atoms. The zero-order valence-corrected chi connectivity index (χ0v) is 17.6. The van der Waals surface area contributed by atoms with Crippen molar-refractivity contribution in [1.29, 1.82) is 0 Å². The van der Waals surface area contributed by atoms with Crippen LogP contribution in [0.15, 0.2) is 48.5 Å². The molecule has 0 fully saturated rings. The molecular formula is C23H28ClNO2. The largest absolute Gasteiger partial charge is 0.347 e. The second kappa shape index (κ2) is 7.85. The minimum absolute atomic E-state index is 0.0563. The maximum absolute atomic E-state index is 13.3. The Balaban J connectivity index is 2.62. The summed E-state index contributed by atoms with van der Waals surface area (Å²) in [5, 5.41) is 3.61. The number of amides is 1. The van der Waals surface area contributed by atoms with E-state index in [1.54, 1.807) is 18.2 Å². The number of Topliss-reactive ketones (excluding diaryl/α,β-unsaturated/α-hetero) is 1. The van der Waals surface area contributed by atoms with Crippen LogP contribution in [0.3, 0.4) is 0 Å². The molecule has 0 heterocycles. The van der Waals surface area contributed by atoms with Crippen LogP contribution < -0.4 is 5.32 Å². The molecule has 1 atom stereocenters. The van der Waals surface area contributed by atoms with Crippen LogP contribution in [0.25, 0.3) is 0 Å². The highest BCUT2D eigenvalue weighted by atomic mass is 35.5.